The second kappa shape index (κ2) is 4.97. The molecule has 0 aliphatic carbocycles. The van der Waals surface area contributed by atoms with Crippen molar-refractivity contribution in [3.05, 3.63) is 69.4 Å². The molecule has 0 atom stereocenters. The molecular formula is C16H10Cl2O2. The zero-order chi connectivity index (χ0) is 14.3. The number of ketones is 1. The summed E-state index contributed by atoms with van der Waals surface area (Å²) in [4.78, 5) is 12.4. The summed E-state index contributed by atoms with van der Waals surface area (Å²) in [5.41, 5.74) is 1.96. The molecule has 0 aliphatic heterocycles. The van der Waals surface area contributed by atoms with Crippen LogP contribution in [0.25, 0.3) is 11.0 Å². The molecule has 0 N–H and O–H groups in total. The van der Waals surface area contributed by atoms with Gasteiger partial charge in [-0.3, -0.25) is 4.79 Å². The van der Waals surface area contributed by atoms with E-state index in [-0.39, 0.29) is 11.5 Å². The molecule has 2 nitrogen and oxygen atoms in total. The van der Waals surface area contributed by atoms with Gasteiger partial charge < -0.3 is 4.42 Å². The lowest BCUT2D eigenvalue weighted by Gasteiger charge is -2.01. The molecule has 1 heterocycles. The van der Waals surface area contributed by atoms with Crippen LogP contribution in [0.1, 0.15) is 21.7 Å². The van der Waals surface area contributed by atoms with Gasteiger partial charge in [-0.05, 0) is 42.8 Å². The van der Waals surface area contributed by atoms with Gasteiger partial charge in [0.05, 0.1) is 5.02 Å². The van der Waals surface area contributed by atoms with Crippen LogP contribution in [-0.2, 0) is 0 Å². The summed E-state index contributed by atoms with van der Waals surface area (Å²) in [7, 11) is 0. The first-order valence-electron chi connectivity index (χ1n) is 6.04. The molecule has 2 aromatic carbocycles. The van der Waals surface area contributed by atoms with E-state index >= 15 is 0 Å². The molecular weight excluding hydrogens is 295 g/mol. The van der Waals surface area contributed by atoms with Crippen molar-refractivity contribution in [1.29, 1.82) is 0 Å². The van der Waals surface area contributed by atoms with E-state index in [4.69, 9.17) is 27.6 Å². The van der Waals surface area contributed by atoms with E-state index in [1.165, 1.54) is 0 Å². The number of hydrogen-bond acceptors (Lipinski definition) is 2. The largest absolute Gasteiger partial charge is 0.451 e. The standard InChI is InChI=1S/C16H10Cl2O2/c1-9-5-11(7-12(17)6-9)15(19)14-8-10-3-2-4-13(18)16(10)20-14/h2-8H,1H3. The molecule has 0 radical (unpaired) electrons. The average Bonchev–Trinajstić information content (AvgIpc) is 2.82. The fraction of sp³-hybridized carbons (Fsp3) is 0.0625. The molecule has 3 rings (SSSR count). The van der Waals surface area contributed by atoms with Gasteiger partial charge in [-0.1, -0.05) is 35.3 Å². The van der Waals surface area contributed by atoms with E-state index in [1.807, 2.05) is 19.1 Å². The Labute approximate surface area is 125 Å². The number of rotatable bonds is 2. The Kier molecular flexibility index (Phi) is 3.28. The SMILES string of the molecule is Cc1cc(Cl)cc(C(=O)c2cc3cccc(Cl)c3o2)c1. The Morgan fingerprint density at radius 3 is 2.60 bits per heavy atom. The molecule has 0 amide bonds. The van der Waals surface area contributed by atoms with E-state index in [9.17, 15) is 4.79 Å². The summed E-state index contributed by atoms with van der Waals surface area (Å²) >= 11 is 12.0. The van der Waals surface area contributed by atoms with Crippen molar-refractivity contribution in [3.8, 4) is 0 Å². The highest BCUT2D eigenvalue weighted by atomic mass is 35.5. The van der Waals surface area contributed by atoms with Crippen LogP contribution in [0, 0.1) is 6.92 Å². The summed E-state index contributed by atoms with van der Waals surface area (Å²) in [5, 5.41) is 1.82. The molecule has 4 heteroatoms. The lowest BCUT2D eigenvalue weighted by Crippen LogP contribution is -1.99. The normalized spacial score (nSPS) is 10.9. The molecule has 0 saturated heterocycles. The molecule has 0 saturated carbocycles. The average molecular weight is 305 g/mol. The van der Waals surface area contributed by atoms with E-state index in [2.05, 4.69) is 0 Å². The predicted molar refractivity (Wildman–Crippen MR) is 80.8 cm³/mol. The van der Waals surface area contributed by atoms with Crippen LogP contribution in [0.2, 0.25) is 10.0 Å². The number of fused-ring (bicyclic) bond motifs is 1. The highest BCUT2D eigenvalue weighted by Gasteiger charge is 2.16. The third kappa shape index (κ3) is 2.33. The van der Waals surface area contributed by atoms with Crippen LogP contribution in [0.4, 0.5) is 0 Å². The highest BCUT2D eigenvalue weighted by molar-refractivity contribution is 6.35. The Bertz CT molecular complexity index is 798. The summed E-state index contributed by atoms with van der Waals surface area (Å²) < 4.78 is 5.57. The van der Waals surface area contributed by atoms with Crippen molar-refractivity contribution in [2.45, 2.75) is 6.92 Å². The summed E-state index contributed by atoms with van der Waals surface area (Å²) in [5.74, 6) is 0.0534. The zero-order valence-corrected chi connectivity index (χ0v) is 12.1. The summed E-state index contributed by atoms with van der Waals surface area (Å²) in [6.45, 7) is 1.89. The predicted octanol–water partition coefficient (Wildman–Crippen LogP) is 5.28. The van der Waals surface area contributed by atoms with Crippen LogP contribution >= 0.6 is 23.2 Å². The monoisotopic (exact) mass is 304 g/mol. The van der Waals surface area contributed by atoms with Crippen molar-refractivity contribution in [2.24, 2.45) is 0 Å². The van der Waals surface area contributed by atoms with Crippen LogP contribution in [0.3, 0.4) is 0 Å². The quantitative estimate of drug-likeness (QED) is 0.603. The molecule has 0 spiro atoms. The second-order valence-electron chi connectivity index (χ2n) is 4.62. The first-order valence-corrected chi connectivity index (χ1v) is 6.80. The topological polar surface area (TPSA) is 30.2 Å². The smallest absolute Gasteiger partial charge is 0.228 e. The van der Waals surface area contributed by atoms with E-state index in [1.54, 1.807) is 30.3 Å². The van der Waals surface area contributed by atoms with Crippen molar-refractivity contribution >= 4 is 40.0 Å². The van der Waals surface area contributed by atoms with Gasteiger partial charge in [-0.15, -0.1) is 0 Å². The van der Waals surface area contributed by atoms with Gasteiger partial charge in [0.1, 0.15) is 0 Å². The molecule has 3 aromatic rings. The fourth-order valence-corrected chi connectivity index (χ4v) is 2.66. The van der Waals surface area contributed by atoms with Gasteiger partial charge in [0.15, 0.2) is 11.3 Å². The molecule has 1 aromatic heterocycles. The van der Waals surface area contributed by atoms with Crippen molar-refractivity contribution in [3.63, 3.8) is 0 Å². The molecule has 100 valence electrons. The van der Waals surface area contributed by atoms with Crippen LogP contribution in [0.5, 0.6) is 0 Å². The first kappa shape index (κ1) is 13.2. The first-order chi connectivity index (χ1) is 9.54. The van der Waals surface area contributed by atoms with Gasteiger partial charge in [-0.2, -0.15) is 0 Å². The Morgan fingerprint density at radius 2 is 1.90 bits per heavy atom. The molecule has 0 aliphatic rings. The van der Waals surface area contributed by atoms with Crippen LogP contribution < -0.4 is 0 Å². The van der Waals surface area contributed by atoms with Crippen LogP contribution in [0.15, 0.2) is 46.9 Å². The van der Waals surface area contributed by atoms with Crippen LogP contribution in [-0.4, -0.2) is 5.78 Å². The minimum Gasteiger partial charge on any atom is -0.451 e. The Balaban J connectivity index is 2.10. The maximum atomic E-state index is 12.4. The number of para-hydroxylation sites is 1. The number of carbonyl (C=O) groups is 1. The lowest BCUT2D eigenvalue weighted by atomic mass is 10.1. The molecule has 0 fully saturated rings. The molecule has 0 bridgehead atoms. The maximum Gasteiger partial charge on any atom is 0.228 e. The van der Waals surface area contributed by atoms with Crippen molar-refractivity contribution in [2.75, 3.05) is 0 Å². The number of halogens is 2. The summed E-state index contributed by atoms with van der Waals surface area (Å²) in [6.07, 6.45) is 0. The minimum atomic E-state index is -0.206. The van der Waals surface area contributed by atoms with E-state index < -0.39 is 0 Å². The molecule has 20 heavy (non-hydrogen) atoms. The molecule has 0 unspecified atom stereocenters. The highest BCUT2D eigenvalue weighted by Crippen LogP contribution is 2.28. The van der Waals surface area contributed by atoms with Gasteiger partial charge >= 0.3 is 0 Å². The third-order valence-corrected chi connectivity index (χ3v) is 3.54. The number of carbonyl (C=O) groups excluding carboxylic acids is 1. The number of hydrogen-bond donors (Lipinski definition) is 0. The number of benzene rings is 2. The van der Waals surface area contributed by atoms with Gasteiger partial charge in [-0.25, -0.2) is 0 Å². The second-order valence-corrected chi connectivity index (χ2v) is 5.46. The van der Waals surface area contributed by atoms with E-state index in [0.717, 1.165) is 10.9 Å². The fourth-order valence-electron chi connectivity index (χ4n) is 2.15. The lowest BCUT2D eigenvalue weighted by molar-refractivity contribution is 0.101. The number of furan rings is 1. The minimum absolute atomic E-state index is 0.206. The third-order valence-electron chi connectivity index (χ3n) is 3.02. The summed E-state index contributed by atoms with van der Waals surface area (Å²) in [6, 6.07) is 12.3. The number of aryl methyl sites for hydroxylation is 1. The van der Waals surface area contributed by atoms with Crippen molar-refractivity contribution < 1.29 is 9.21 Å². The zero-order valence-electron chi connectivity index (χ0n) is 10.6. The van der Waals surface area contributed by atoms with Gasteiger partial charge in [0, 0.05) is 16.0 Å². The van der Waals surface area contributed by atoms with Gasteiger partial charge in [0.2, 0.25) is 5.78 Å². The maximum absolute atomic E-state index is 12.4. The van der Waals surface area contributed by atoms with Gasteiger partial charge in [0.25, 0.3) is 0 Å². The van der Waals surface area contributed by atoms with Crippen molar-refractivity contribution in [1.82, 2.24) is 0 Å². The Hall–Kier alpha value is -1.77. The van der Waals surface area contributed by atoms with E-state index in [0.29, 0.717) is 21.2 Å². The Morgan fingerprint density at radius 1 is 1.10 bits per heavy atom.